The third kappa shape index (κ3) is 5.20. The van der Waals surface area contributed by atoms with E-state index < -0.39 is 0 Å². The molecule has 0 radical (unpaired) electrons. The minimum Gasteiger partial charge on any atom is -0.496 e. The van der Waals surface area contributed by atoms with Gasteiger partial charge in [-0.1, -0.05) is 24.3 Å². The maximum Gasteiger partial charge on any atom is 0.259 e. The summed E-state index contributed by atoms with van der Waals surface area (Å²) >= 11 is 0. The normalized spacial score (nSPS) is 14.5. The molecule has 1 fully saturated rings. The third-order valence-corrected chi connectivity index (χ3v) is 4.57. The van der Waals surface area contributed by atoms with Crippen molar-refractivity contribution >= 4 is 23.6 Å². The highest BCUT2D eigenvalue weighted by Crippen LogP contribution is 2.20. The molecule has 0 saturated carbocycles. The van der Waals surface area contributed by atoms with Gasteiger partial charge in [0.1, 0.15) is 5.75 Å². The van der Waals surface area contributed by atoms with E-state index in [1.807, 2.05) is 35.2 Å². The number of methoxy groups -OCH3 is 1. The summed E-state index contributed by atoms with van der Waals surface area (Å²) in [6.45, 7) is 3.26. The van der Waals surface area contributed by atoms with Gasteiger partial charge in [0.15, 0.2) is 0 Å². The van der Waals surface area contributed by atoms with Crippen molar-refractivity contribution < 1.29 is 14.3 Å². The summed E-state index contributed by atoms with van der Waals surface area (Å²) in [6.07, 6.45) is 4.33. The highest BCUT2D eigenvalue weighted by atomic mass is 16.5. The zero-order chi connectivity index (χ0) is 19.8. The Kier molecular flexibility index (Phi) is 6.81. The van der Waals surface area contributed by atoms with E-state index in [1.165, 1.54) is 7.11 Å². The number of nitrogens with one attached hydrogen (secondary N) is 2. The van der Waals surface area contributed by atoms with Gasteiger partial charge in [-0.25, -0.2) is 0 Å². The average Bonchev–Trinajstić information content (AvgIpc) is 3.02. The molecule has 1 aliphatic heterocycles. The Morgan fingerprint density at radius 2 is 1.96 bits per heavy atom. The molecule has 1 saturated heterocycles. The second-order valence-corrected chi connectivity index (χ2v) is 6.54. The number of carbonyl (C=O) groups is 2. The standard InChI is InChI=1S/C22H25N3O3/c1-28-20-9-3-2-8-19(20)22(27)24-18-7-4-6-17(16-18)10-11-21(26)25-14-5-12-23-13-15-25/h2-4,6-11,16,23H,5,12-15H2,1H3,(H,24,27). The molecule has 0 unspecified atom stereocenters. The van der Waals surface area contributed by atoms with E-state index >= 15 is 0 Å². The van der Waals surface area contributed by atoms with Gasteiger partial charge in [0, 0.05) is 31.4 Å². The van der Waals surface area contributed by atoms with Gasteiger partial charge in [-0.2, -0.15) is 0 Å². The van der Waals surface area contributed by atoms with Crippen LogP contribution < -0.4 is 15.4 Å². The van der Waals surface area contributed by atoms with Crippen molar-refractivity contribution in [2.45, 2.75) is 6.42 Å². The lowest BCUT2D eigenvalue weighted by molar-refractivity contribution is -0.125. The molecule has 1 aliphatic rings. The SMILES string of the molecule is COc1ccccc1C(=O)Nc1cccc(C=CC(=O)N2CCCNCC2)c1. The number of amides is 2. The van der Waals surface area contributed by atoms with Crippen LogP contribution in [0.3, 0.4) is 0 Å². The van der Waals surface area contributed by atoms with Gasteiger partial charge in [0.05, 0.1) is 12.7 Å². The lowest BCUT2D eigenvalue weighted by Gasteiger charge is -2.17. The molecule has 2 aromatic carbocycles. The van der Waals surface area contributed by atoms with E-state index in [2.05, 4.69) is 10.6 Å². The fraction of sp³-hybridized carbons (Fsp3) is 0.273. The number of hydrogen-bond donors (Lipinski definition) is 2. The fourth-order valence-electron chi connectivity index (χ4n) is 3.09. The van der Waals surface area contributed by atoms with Crippen LogP contribution in [-0.2, 0) is 4.79 Å². The monoisotopic (exact) mass is 379 g/mol. The first-order valence-corrected chi connectivity index (χ1v) is 9.39. The summed E-state index contributed by atoms with van der Waals surface area (Å²) in [5.74, 6) is 0.285. The van der Waals surface area contributed by atoms with Crippen molar-refractivity contribution in [2.24, 2.45) is 0 Å². The molecule has 0 aliphatic carbocycles. The van der Waals surface area contributed by atoms with Crippen molar-refractivity contribution in [1.29, 1.82) is 0 Å². The van der Waals surface area contributed by atoms with Gasteiger partial charge in [-0.15, -0.1) is 0 Å². The Hall–Kier alpha value is -3.12. The molecular weight excluding hydrogens is 354 g/mol. The third-order valence-electron chi connectivity index (χ3n) is 4.57. The van der Waals surface area contributed by atoms with Crippen LogP contribution in [0.5, 0.6) is 5.75 Å². The summed E-state index contributed by atoms with van der Waals surface area (Å²) in [5, 5.41) is 6.16. The first-order chi connectivity index (χ1) is 13.7. The summed E-state index contributed by atoms with van der Waals surface area (Å²) in [5.41, 5.74) is 1.97. The van der Waals surface area contributed by atoms with Crippen molar-refractivity contribution in [3.8, 4) is 5.75 Å². The largest absolute Gasteiger partial charge is 0.496 e. The molecule has 0 spiro atoms. The molecule has 0 bridgehead atoms. The molecule has 146 valence electrons. The van der Waals surface area contributed by atoms with E-state index in [9.17, 15) is 9.59 Å². The van der Waals surface area contributed by atoms with E-state index in [1.54, 1.807) is 30.4 Å². The number of anilines is 1. The zero-order valence-corrected chi connectivity index (χ0v) is 16.0. The number of hydrogen-bond acceptors (Lipinski definition) is 4. The van der Waals surface area contributed by atoms with Gasteiger partial charge < -0.3 is 20.3 Å². The average molecular weight is 379 g/mol. The Labute approximate surface area is 165 Å². The van der Waals surface area contributed by atoms with Crippen LogP contribution in [-0.4, -0.2) is 50.0 Å². The second kappa shape index (κ2) is 9.71. The molecule has 6 nitrogen and oxygen atoms in total. The predicted molar refractivity (Wildman–Crippen MR) is 110 cm³/mol. The van der Waals surface area contributed by atoms with Gasteiger partial charge in [-0.05, 0) is 48.9 Å². The predicted octanol–water partition coefficient (Wildman–Crippen LogP) is 2.78. The van der Waals surface area contributed by atoms with Gasteiger partial charge >= 0.3 is 0 Å². The van der Waals surface area contributed by atoms with E-state index in [4.69, 9.17) is 4.74 Å². The quantitative estimate of drug-likeness (QED) is 0.784. The highest BCUT2D eigenvalue weighted by Gasteiger charge is 2.13. The van der Waals surface area contributed by atoms with Crippen LogP contribution in [0, 0.1) is 0 Å². The number of para-hydroxylation sites is 1. The smallest absolute Gasteiger partial charge is 0.259 e. The van der Waals surface area contributed by atoms with Crippen LogP contribution in [0.15, 0.2) is 54.6 Å². The van der Waals surface area contributed by atoms with Gasteiger partial charge in [-0.3, -0.25) is 9.59 Å². The highest BCUT2D eigenvalue weighted by molar-refractivity contribution is 6.06. The molecule has 0 atom stereocenters. The summed E-state index contributed by atoms with van der Waals surface area (Å²) in [6, 6.07) is 14.5. The molecule has 2 amide bonds. The maximum absolute atomic E-state index is 12.5. The number of ether oxygens (including phenoxy) is 1. The Morgan fingerprint density at radius 1 is 1.11 bits per heavy atom. The molecule has 6 heteroatoms. The van der Waals surface area contributed by atoms with E-state index in [-0.39, 0.29) is 11.8 Å². The number of nitrogens with zero attached hydrogens (tertiary/aromatic N) is 1. The lowest BCUT2D eigenvalue weighted by atomic mass is 10.1. The van der Waals surface area contributed by atoms with Crippen LogP contribution in [0.25, 0.3) is 6.08 Å². The van der Waals surface area contributed by atoms with Crippen LogP contribution in [0.1, 0.15) is 22.3 Å². The summed E-state index contributed by atoms with van der Waals surface area (Å²) in [4.78, 5) is 26.8. The van der Waals surface area contributed by atoms with Gasteiger partial charge in [0.25, 0.3) is 5.91 Å². The number of rotatable bonds is 5. The van der Waals surface area contributed by atoms with Crippen LogP contribution in [0.2, 0.25) is 0 Å². The lowest BCUT2D eigenvalue weighted by Crippen LogP contribution is -2.32. The van der Waals surface area contributed by atoms with Crippen LogP contribution >= 0.6 is 0 Å². The first kappa shape index (κ1) is 19.6. The topological polar surface area (TPSA) is 70.7 Å². The minimum absolute atomic E-state index is 0.00663. The van der Waals surface area contributed by atoms with Crippen molar-refractivity contribution in [3.05, 3.63) is 65.7 Å². The maximum atomic E-state index is 12.5. The zero-order valence-electron chi connectivity index (χ0n) is 16.0. The van der Waals surface area contributed by atoms with Crippen LogP contribution in [0.4, 0.5) is 5.69 Å². The molecular formula is C22H25N3O3. The molecule has 28 heavy (non-hydrogen) atoms. The second-order valence-electron chi connectivity index (χ2n) is 6.54. The Morgan fingerprint density at radius 3 is 2.82 bits per heavy atom. The molecule has 2 N–H and O–H groups in total. The summed E-state index contributed by atoms with van der Waals surface area (Å²) < 4.78 is 5.24. The van der Waals surface area contributed by atoms with Gasteiger partial charge in [0.2, 0.25) is 5.91 Å². The van der Waals surface area contributed by atoms with E-state index in [0.29, 0.717) is 17.0 Å². The Bertz CT molecular complexity index is 856. The first-order valence-electron chi connectivity index (χ1n) is 9.39. The molecule has 3 rings (SSSR count). The molecule has 1 heterocycles. The fourth-order valence-corrected chi connectivity index (χ4v) is 3.09. The Balaban J connectivity index is 1.66. The van der Waals surface area contributed by atoms with Crippen molar-refractivity contribution in [2.75, 3.05) is 38.6 Å². The minimum atomic E-state index is -0.244. The molecule has 0 aromatic heterocycles. The summed E-state index contributed by atoms with van der Waals surface area (Å²) in [7, 11) is 1.54. The van der Waals surface area contributed by atoms with E-state index in [0.717, 1.165) is 38.2 Å². The van der Waals surface area contributed by atoms with Crippen molar-refractivity contribution in [3.63, 3.8) is 0 Å². The number of carbonyl (C=O) groups excluding carboxylic acids is 2. The molecule has 2 aromatic rings. The van der Waals surface area contributed by atoms with Crippen molar-refractivity contribution in [1.82, 2.24) is 10.2 Å². The number of benzene rings is 2.